The van der Waals surface area contributed by atoms with Gasteiger partial charge < -0.3 is 20.1 Å². The zero-order chi connectivity index (χ0) is 21.6. The van der Waals surface area contributed by atoms with Gasteiger partial charge in [0.2, 0.25) is 11.8 Å². The fourth-order valence-corrected chi connectivity index (χ4v) is 5.40. The molecule has 0 spiro atoms. The number of aromatic hydroxyl groups is 2. The third kappa shape index (κ3) is 2.35. The number of alkyl halides is 3. The van der Waals surface area contributed by atoms with Gasteiger partial charge >= 0.3 is 6.18 Å². The number of nitrogens with zero attached hydrogens (tertiary/aromatic N) is 2. The summed E-state index contributed by atoms with van der Waals surface area (Å²) in [5.41, 5.74) is -2.91. The number of benzene rings is 1. The monoisotopic (exact) mass is 438 g/mol. The van der Waals surface area contributed by atoms with E-state index < -0.39 is 40.8 Å². The maximum absolute atomic E-state index is 13.8. The molecule has 0 amide bonds. The minimum atomic E-state index is -4.67. The van der Waals surface area contributed by atoms with Crippen LogP contribution in [0.3, 0.4) is 0 Å². The number of aromatic nitrogens is 2. The van der Waals surface area contributed by atoms with Crippen LogP contribution in [0, 0.1) is 0 Å². The molecule has 3 aromatic rings. The third-order valence-electron chi connectivity index (χ3n) is 6.03. The number of hydrogen-bond donors (Lipinski definition) is 3. The van der Waals surface area contributed by atoms with Crippen LogP contribution < -0.4 is 0 Å². The number of ether oxygens (including phenoxy) is 1. The summed E-state index contributed by atoms with van der Waals surface area (Å²) in [6, 6.07) is 3.52. The average molecular weight is 438 g/mol. The number of fused-ring (bicyclic) bond motifs is 5. The lowest BCUT2D eigenvalue weighted by atomic mass is 9.78. The summed E-state index contributed by atoms with van der Waals surface area (Å²) in [7, 11) is 0. The second-order valence-corrected chi connectivity index (χ2v) is 8.85. The fourth-order valence-electron chi connectivity index (χ4n) is 4.72. The highest BCUT2D eigenvalue weighted by atomic mass is 32.1. The first-order chi connectivity index (χ1) is 14.0. The number of hydrogen-bond acceptors (Lipinski definition) is 6. The topological polar surface area (TPSA) is 87.7 Å². The predicted octanol–water partition coefficient (Wildman–Crippen LogP) is 4.26. The van der Waals surface area contributed by atoms with Crippen molar-refractivity contribution < 1.29 is 33.2 Å². The molecule has 10 heteroatoms. The first-order valence-electron chi connectivity index (χ1n) is 9.14. The Morgan fingerprint density at radius 3 is 2.53 bits per heavy atom. The summed E-state index contributed by atoms with van der Waals surface area (Å²) in [4.78, 5) is 3.96. The smallest absolute Gasteiger partial charge is 0.417 e. The van der Waals surface area contributed by atoms with Crippen LogP contribution in [0.4, 0.5) is 13.2 Å². The van der Waals surface area contributed by atoms with E-state index in [1.807, 2.05) is 0 Å². The van der Waals surface area contributed by atoms with Crippen LogP contribution >= 0.6 is 11.3 Å². The van der Waals surface area contributed by atoms with Crippen LogP contribution in [0.1, 0.15) is 37.0 Å². The van der Waals surface area contributed by atoms with Crippen LogP contribution in [0.5, 0.6) is 11.8 Å². The number of aliphatic hydroxyl groups excluding tert-OH is 1. The van der Waals surface area contributed by atoms with Gasteiger partial charge in [-0.05, 0) is 32.0 Å². The number of rotatable bonds is 2. The maximum atomic E-state index is 13.8. The van der Waals surface area contributed by atoms with Crippen molar-refractivity contribution >= 4 is 11.3 Å². The van der Waals surface area contributed by atoms with Crippen LogP contribution in [0.2, 0.25) is 0 Å². The minimum Gasteiger partial charge on any atom is -0.494 e. The summed E-state index contributed by atoms with van der Waals surface area (Å²) >= 11 is 1.08. The van der Waals surface area contributed by atoms with Gasteiger partial charge in [-0.15, -0.1) is 11.3 Å². The van der Waals surface area contributed by atoms with Crippen molar-refractivity contribution in [3.63, 3.8) is 0 Å². The Labute approximate surface area is 172 Å². The normalized spacial score (nSPS) is 27.6. The number of aliphatic hydroxyl groups is 1. The standard InChI is InChI=1S/C20H17F3N2O4S/c1-18-8-12(26)19(2,29-18)14-13(18)16(27)25(17(14)28)9-3-4-10(15-24-5-6-30-15)11(7-9)20(21,22)23/h3-7,12,26-28H,8H2,1-2H3/t12-,18+,19-/m0/s1. The zero-order valence-corrected chi connectivity index (χ0v) is 16.7. The van der Waals surface area contributed by atoms with Gasteiger partial charge in [-0.1, -0.05) is 0 Å². The molecule has 0 aliphatic carbocycles. The molecule has 30 heavy (non-hydrogen) atoms. The first kappa shape index (κ1) is 19.4. The van der Waals surface area contributed by atoms with E-state index >= 15 is 0 Å². The van der Waals surface area contributed by atoms with E-state index in [1.165, 1.54) is 18.3 Å². The molecule has 1 fully saturated rings. The Morgan fingerprint density at radius 1 is 1.20 bits per heavy atom. The van der Waals surface area contributed by atoms with Gasteiger partial charge in [0.05, 0.1) is 34.1 Å². The molecular formula is C20H17F3N2O4S. The van der Waals surface area contributed by atoms with Gasteiger partial charge in [0.1, 0.15) is 10.6 Å². The van der Waals surface area contributed by atoms with Gasteiger partial charge in [-0.25, -0.2) is 4.98 Å². The Morgan fingerprint density at radius 2 is 1.90 bits per heavy atom. The molecule has 2 bridgehead atoms. The van der Waals surface area contributed by atoms with Gasteiger partial charge in [0.25, 0.3) is 0 Å². The van der Waals surface area contributed by atoms with Crippen molar-refractivity contribution in [2.24, 2.45) is 0 Å². The van der Waals surface area contributed by atoms with E-state index in [4.69, 9.17) is 4.74 Å². The highest BCUT2D eigenvalue weighted by Crippen LogP contribution is 2.64. The predicted molar refractivity (Wildman–Crippen MR) is 102 cm³/mol. The highest BCUT2D eigenvalue weighted by molar-refractivity contribution is 7.13. The number of thiazole rings is 1. The van der Waals surface area contributed by atoms with E-state index in [0.29, 0.717) is 0 Å². The van der Waals surface area contributed by atoms with Crippen molar-refractivity contribution in [3.05, 3.63) is 46.5 Å². The molecule has 1 saturated heterocycles. The molecule has 6 nitrogen and oxygen atoms in total. The molecule has 1 aromatic carbocycles. The van der Waals surface area contributed by atoms with Gasteiger partial charge in [-0.2, -0.15) is 13.2 Å². The second-order valence-electron chi connectivity index (χ2n) is 7.96. The van der Waals surface area contributed by atoms with Crippen molar-refractivity contribution in [2.45, 2.75) is 43.8 Å². The molecule has 0 saturated carbocycles. The molecule has 158 valence electrons. The summed E-state index contributed by atoms with van der Waals surface area (Å²) < 4.78 is 48.2. The van der Waals surface area contributed by atoms with Gasteiger partial charge in [-0.3, -0.25) is 4.57 Å². The second kappa shape index (κ2) is 5.77. The van der Waals surface area contributed by atoms with E-state index in [1.54, 1.807) is 19.2 Å². The fraction of sp³-hybridized carbons (Fsp3) is 0.350. The SMILES string of the molecule is C[C@]12C[C@H](O)[C@](C)(O1)c1c2c(O)n(-c2ccc(-c3nccs3)c(C(F)(F)F)c2)c1O. The molecule has 2 aliphatic rings. The molecule has 3 atom stereocenters. The first-order valence-corrected chi connectivity index (χ1v) is 10.0. The molecule has 2 aromatic heterocycles. The highest BCUT2D eigenvalue weighted by Gasteiger charge is 2.64. The van der Waals surface area contributed by atoms with Crippen molar-refractivity contribution in [3.8, 4) is 28.0 Å². The summed E-state index contributed by atoms with van der Waals surface area (Å²) in [6.07, 6.45) is -3.97. The molecule has 0 radical (unpaired) electrons. The van der Waals surface area contributed by atoms with Gasteiger partial charge in [0, 0.05) is 23.6 Å². The van der Waals surface area contributed by atoms with Crippen LogP contribution in [-0.4, -0.2) is 31.0 Å². The molecule has 0 unspecified atom stereocenters. The lowest BCUT2D eigenvalue weighted by molar-refractivity contribution is -0.137. The lowest BCUT2D eigenvalue weighted by Crippen LogP contribution is -2.32. The quantitative estimate of drug-likeness (QED) is 0.557. The van der Waals surface area contributed by atoms with Crippen molar-refractivity contribution in [2.75, 3.05) is 0 Å². The Balaban J connectivity index is 1.74. The maximum Gasteiger partial charge on any atom is 0.417 e. The zero-order valence-electron chi connectivity index (χ0n) is 15.9. The molecule has 4 heterocycles. The Kier molecular flexibility index (Phi) is 3.73. The van der Waals surface area contributed by atoms with Crippen LogP contribution in [0.25, 0.3) is 16.3 Å². The molecule has 5 rings (SSSR count). The van der Waals surface area contributed by atoms with E-state index in [0.717, 1.165) is 22.0 Å². The largest absolute Gasteiger partial charge is 0.494 e. The number of halogens is 3. The summed E-state index contributed by atoms with van der Waals surface area (Å²) in [5, 5.41) is 33.9. The van der Waals surface area contributed by atoms with E-state index in [2.05, 4.69) is 4.98 Å². The Hall–Kier alpha value is -2.56. The minimum absolute atomic E-state index is 0.0619. The van der Waals surface area contributed by atoms with E-state index in [-0.39, 0.29) is 33.8 Å². The van der Waals surface area contributed by atoms with Crippen molar-refractivity contribution in [1.82, 2.24) is 9.55 Å². The third-order valence-corrected chi connectivity index (χ3v) is 6.84. The molecule has 3 N–H and O–H groups in total. The summed E-state index contributed by atoms with van der Waals surface area (Å²) in [6.45, 7) is 3.26. The molecule has 2 aliphatic heterocycles. The summed E-state index contributed by atoms with van der Waals surface area (Å²) in [5.74, 6) is -0.863. The Bertz CT molecular complexity index is 1170. The van der Waals surface area contributed by atoms with Crippen LogP contribution in [0.15, 0.2) is 29.8 Å². The van der Waals surface area contributed by atoms with Crippen molar-refractivity contribution in [1.29, 1.82) is 0 Å². The average Bonchev–Trinajstić information content (AvgIpc) is 3.36. The molecular weight excluding hydrogens is 421 g/mol. The van der Waals surface area contributed by atoms with E-state index in [9.17, 15) is 28.5 Å². The van der Waals surface area contributed by atoms with Gasteiger partial charge in [0.15, 0.2) is 0 Å². The lowest BCUT2D eigenvalue weighted by Gasteiger charge is -2.25. The van der Waals surface area contributed by atoms with Crippen LogP contribution in [-0.2, 0) is 22.1 Å².